The van der Waals surface area contributed by atoms with Gasteiger partial charge in [0, 0.05) is 0 Å². The molecule has 0 heterocycles. The minimum atomic E-state index is -0.411. The second kappa shape index (κ2) is 2.92. The van der Waals surface area contributed by atoms with Crippen LogP contribution in [0.15, 0.2) is 36.6 Å². The lowest BCUT2D eigenvalue weighted by atomic mass is 10.2. The summed E-state index contributed by atoms with van der Waals surface area (Å²) in [6, 6.07) is 9.25. The maximum atomic E-state index is 8.53. The molecule has 1 N–H and O–H groups in total. The Morgan fingerprint density at radius 2 is 2.00 bits per heavy atom. The Hall–Kier alpha value is -1.24. The molecule has 1 nitrogen and oxygen atoms in total. The van der Waals surface area contributed by atoms with E-state index >= 15 is 0 Å². The molecule has 0 aromatic heterocycles. The molecule has 46 valence electrons. The highest BCUT2D eigenvalue weighted by molar-refractivity contribution is 5.47. The van der Waals surface area contributed by atoms with Crippen molar-refractivity contribution in [1.29, 1.82) is 0 Å². The lowest BCUT2D eigenvalue weighted by Crippen LogP contribution is -1.66. The van der Waals surface area contributed by atoms with Crippen molar-refractivity contribution in [1.82, 2.24) is 0 Å². The first-order valence-corrected chi connectivity index (χ1v) is 2.71. The average Bonchev–Trinajstić information content (AvgIpc) is 1.88. The zero-order valence-corrected chi connectivity index (χ0v) is 4.91. The molecular formula is C8H8O. The van der Waals surface area contributed by atoms with E-state index in [0.717, 1.165) is 5.56 Å². The van der Waals surface area contributed by atoms with Crippen molar-refractivity contribution in [2.75, 3.05) is 0 Å². The highest BCUT2D eigenvalue weighted by Gasteiger charge is 1.78. The summed E-state index contributed by atoms with van der Waals surface area (Å²) in [7, 11) is 0. The Morgan fingerprint density at radius 1 is 1.33 bits per heavy atom. The van der Waals surface area contributed by atoms with Crippen LogP contribution in [0.3, 0.4) is 0 Å². The van der Waals surface area contributed by atoms with Gasteiger partial charge in [0.15, 0.2) is 0 Å². The highest BCUT2D eigenvalue weighted by Crippen LogP contribution is 1.98. The molecule has 0 bridgehead atoms. The van der Waals surface area contributed by atoms with Crippen LogP contribution in [0.5, 0.6) is 0 Å². The van der Waals surface area contributed by atoms with Gasteiger partial charge in [0.1, 0.15) is 1.37 Å². The maximum absolute atomic E-state index is 8.53. The predicted octanol–water partition coefficient (Wildman–Crippen LogP) is 2.22. The summed E-state index contributed by atoms with van der Waals surface area (Å²) in [6.45, 7) is 0. The van der Waals surface area contributed by atoms with Gasteiger partial charge in [-0.2, -0.15) is 0 Å². The van der Waals surface area contributed by atoms with Gasteiger partial charge in [0.05, 0.1) is 6.24 Å². The lowest BCUT2D eigenvalue weighted by Gasteiger charge is -1.86. The molecule has 0 unspecified atom stereocenters. The summed E-state index contributed by atoms with van der Waals surface area (Å²) in [6.07, 6.45) is 0.978. The highest BCUT2D eigenvalue weighted by atomic mass is 16.2. The predicted molar refractivity (Wildman–Crippen MR) is 38.1 cm³/mol. The molecule has 1 aromatic carbocycles. The molecule has 0 atom stereocenters. The summed E-state index contributed by atoms with van der Waals surface area (Å²) >= 11 is 0. The quantitative estimate of drug-likeness (QED) is 0.565. The normalized spacial score (nSPS) is 12.9. The van der Waals surface area contributed by atoms with Gasteiger partial charge in [0.2, 0.25) is 0 Å². The molecule has 0 aliphatic carbocycles. The van der Waals surface area contributed by atoms with Crippen molar-refractivity contribution in [3.63, 3.8) is 0 Å². The zero-order valence-electron chi connectivity index (χ0n) is 5.91. The van der Waals surface area contributed by atoms with Crippen LogP contribution in [0, 0.1) is 0 Å². The molecule has 0 aliphatic rings. The van der Waals surface area contributed by atoms with E-state index < -0.39 is 6.24 Å². The standard InChI is InChI=1S/C8H8O/c9-7-6-8-4-2-1-3-5-8/h1-7,9H/i7D. The molecule has 0 saturated carbocycles. The number of aliphatic hydroxyl groups is 1. The molecule has 1 rings (SSSR count). The fourth-order valence-corrected chi connectivity index (χ4v) is 0.624. The van der Waals surface area contributed by atoms with E-state index in [0.29, 0.717) is 0 Å². The third-order valence-electron chi connectivity index (χ3n) is 1.03. The van der Waals surface area contributed by atoms with Crippen LogP contribution in [0.1, 0.15) is 6.93 Å². The molecule has 0 spiro atoms. The van der Waals surface area contributed by atoms with E-state index in [9.17, 15) is 0 Å². The van der Waals surface area contributed by atoms with Gasteiger partial charge in [0.25, 0.3) is 0 Å². The van der Waals surface area contributed by atoms with Crippen LogP contribution in [0.4, 0.5) is 0 Å². The minimum Gasteiger partial charge on any atom is -0.516 e. The molecule has 0 amide bonds. The van der Waals surface area contributed by atoms with Gasteiger partial charge < -0.3 is 5.11 Å². The molecule has 0 radical (unpaired) electrons. The van der Waals surface area contributed by atoms with Crippen LogP contribution >= 0.6 is 0 Å². The lowest BCUT2D eigenvalue weighted by molar-refractivity contribution is 0.478. The van der Waals surface area contributed by atoms with E-state index in [2.05, 4.69) is 0 Å². The zero-order chi connectivity index (χ0) is 7.40. The monoisotopic (exact) mass is 121 g/mol. The largest absolute Gasteiger partial charge is 0.516 e. The Morgan fingerprint density at radius 3 is 2.56 bits per heavy atom. The van der Waals surface area contributed by atoms with Gasteiger partial charge in [-0.3, -0.25) is 0 Å². The molecule has 1 heteroatoms. The second-order valence-corrected chi connectivity index (χ2v) is 1.68. The molecular weight excluding hydrogens is 112 g/mol. The third-order valence-corrected chi connectivity index (χ3v) is 1.03. The van der Waals surface area contributed by atoms with Gasteiger partial charge in [-0.25, -0.2) is 0 Å². The topological polar surface area (TPSA) is 20.2 Å². The summed E-state index contributed by atoms with van der Waals surface area (Å²) in [5, 5.41) is 8.53. The Labute approximate surface area is 55.7 Å². The van der Waals surface area contributed by atoms with Crippen molar-refractivity contribution >= 4 is 6.08 Å². The molecule has 9 heavy (non-hydrogen) atoms. The van der Waals surface area contributed by atoms with Gasteiger partial charge in [-0.15, -0.1) is 0 Å². The first-order chi connectivity index (χ1) is 4.79. The average molecular weight is 121 g/mol. The van der Waals surface area contributed by atoms with Gasteiger partial charge in [-0.1, -0.05) is 30.3 Å². The van der Waals surface area contributed by atoms with E-state index in [1.54, 1.807) is 0 Å². The molecule has 0 fully saturated rings. The SMILES string of the molecule is [2H]C(O)=Cc1ccccc1. The first-order valence-electron chi connectivity index (χ1n) is 3.21. The van der Waals surface area contributed by atoms with Crippen molar-refractivity contribution < 1.29 is 6.48 Å². The van der Waals surface area contributed by atoms with E-state index in [1.807, 2.05) is 30.3 Å². The van der Waals surface area contributed by atoms with E-state index in [4.69, 9.17) is 6.48 Å². The first kappa shape index (κ1) is 4.62. The van der Waals surface area contributed by atoms with Crippen molar-refractivity contribution in [3.05, 3.63) is 42.1 Å². The van der Waals surface area contributed by atoms with Crippen LogP contribution in [0.2, 0.25) is 0 Å². The van der Waals surface area contributed by atoms with Crippen LogP contribution in [-0.4, -0.2) is 5.11 Å². The Bertz CT molecular complexity index is 224. The van der Waals surface area contributed by atoms with Gasteiger partial charge >= 0.3 is 0 Å². The van der Waals surface area contributed by atoms with Crippen molar-refractivity contribution in [2.24, 2.45) is 0 Å². The summed E-state index contributed by atoms with van der Waals surface area (Å²) in [4.78, 5) is 0. The fourth-order valence-electron chi connectivity index (χ4n) is 0.624. The number of hydrogen-bond donors (Lipinski definition) is 1. The maximum Gasteiger partial charge on any atom is 0.103 e. The number of hydrogen-bond acceptors (Lipinski definition) is 1. The molecule has 0 saturated heterocycles. The summed E-state index contributed by atoms with van der Waals surface area (Å²) in [5.41, 5.74) is 0.843. The summed E-state index contributed by atoms with van der Waals surface area (Å²) in [5.74, 6) is 0. The minimum absolute atomic E-state index is 0.411. The fraction of sp³-hybridized carbons (Fsp3) is 0. The van der Waals surface area contributed by atoms with E-state index in [-0.39, 0.29) is 0 Å². The van der Waals surface area contributed by atoms with E-state index in [1.165, 1.54) is 6.08 Å². The second-order valence-electron chi connectivity index (χ2n) is 1.68. The van der Waals surface area contributed by atoms with Crippen LogP contribution < -0.4 is 0 Å². The number of benzene rings is 1. The van der Waals surface area contributed by atoms with Crippen LogP contribution in [-0.2, 0) is 0 Å². The van der Waals surface area contributed by atoms with Crippen molar-refractivity contribution in [2.45, 2.75) is 0 Å². The van der Waals surface area contributed by atoms with Crippen LogP contribution in [0.25, 0.3) is 6.08 Å². The number of aliphatic hydroxyl groups excluding tert-OH is 1. The molecule has 0 aliphatic heterocycles. The number of rotatable bonds is 1. The Kier molecular flexibility index (Phi) is 1.50. The Balaban J connectivity index is 2.87. The molecule has 1 aromatic rings. The third kappa shape index (κ3) is 1.61. The smallest absolute Gasteiger partial charge is 0.103 e. The van der Waals surface area contributed by atoms with Crippen molar-refractivity contribution in [3.8, 4) is 0 Å². The summed E-state index contributed by atoms with van der Waals surface area (Å²) < 4.78 is 6.73. The van der Waals surface area contributed by atoms with Gasteiger partial charge in [-0.05, 0) is 11.6 Å².